The molecule has 5 heteroatoms. The van der Waals surface area contributed by atoms with E-state index in [9.17, 15) is 4.79 Å². The van der Waals surface area contributed by atoms with Crippen LogP contribution in [0.25, 0.3) is 5.82 Å². The number of imidazole rings is 1. The van der Waals surface area contributed by atoms with Gasteiger partial charge in [0.15, 0.2) is 0 Å². The molecule has 0 unspecified atom stereocenters. The maximum Gasteiger partial charge on any atom is 0.293 e. The number of nitrogens with zero attached hydrogens (tertiary/aromatic N) is 3. The van der Waals surface area contributed by atoms with E-state index in [-0.39, 0.29) is 5.91 Å². The highest BCUT2D eigenvalue weighted by molar-refractivity contribution is 5.94. The van der Waals surface area contributed by atoms with E-state index in [1.54, 1.807) is 13.4 Å². The molecule has 5 nitrogen and oxygen atoms in total. The Balaban J connectivity index is 2.81. The molecule has 0 aromatic heterocycles. The molecule has 0 spiro atoms. The summed E-state index contributed by atoms with van der Waals surface area (Å²) in [6, 6.07) is 0. The Morgan fingerprint density at radius 3 is 2.72 bits per heavy atom. The minimum Gasteiger partial charge on any atom is -0.352 e. The summed E-state index contributed by atoms with van der Waals surface area (Å²) < 4.78 is 4.01. The molecule has 0 saturated carbocycles. The van der Waals surface area contributed by atoms with Crippen LogP contribution in [0.15, 0.2) is 6.33 Å². The van der Waals surface area contributed by atoms with Crippen molar-refractivity contribution in [3.05, 3.63) is 29.0 Å². The first-order valence-corrected chi connectivity index (χ1v) is 6.10. The van der Waals surface area contributed by atoms with Crippen LogP contribution in [0, 0.1) is 13.8 Å². The summed E-state index contributed by atoms with van der Waals surface area (Å²) in [5.74, 6) is 0.678. The molecule has 0 aromatic carbocycles. The second-order valence-electron chi connectivity index (χ2n) is 4.43. The van der Waals surface area contributed by atoms with E-state index in [1.807, 2.05) is 16.2 Å². The Hall–Kier alpha value is -1.91. The van der Waals surface area contributed by atoms with Crippen molar-refractivity contribution in [1.29, 1.82) is 0 Å². The van der Waals surface area contributed by atoms with Gasteiger partial charge in [-0.1, -0.05) is 11.9 Å². The van der Waals surface area contributed by atoms with Gasteiger partial charge in [0.05, 0.1) is 18.4 Å². The highest BCUT2D eigenvalue weighted by Gasteiger charge is 2.30. The van der Waals surface area contributed by atoms with Crippen molar-refractivity contribution >= 4 is 5.91 Å². The summed E-state index contributed by atoms with van der Waals surface area (Å²) in [6.07, 6.45) is 2.68. The monoisotopic (exact) mass is 247 g/mol. The highest BCUT2D eigenvalue weighted by Crippen LogP contribution is 2.17. The van der Waals surface area contributed by atoms with Crippen LogP contribution in [0.1, 0.15) is 34.4 Å². The molecule has 96 valence electrons. The maximum atomic E-state index is 11.8. The van der Waals surface area contributed by atoms with Gasteiger partial charge in [0.25, 0.3) is 17.4 Å². The van der Waals surface area contributed by atoms with Crippen molar-refractivity contribution in [2.75, 3.05) is 7.05 Å². The molecule has 0 saturated heterocycles. The predicted octanol–water partition coefficient (Wildman–Crippen LogP) is 0.673. The first-order valence-electron chi connectivity index (χ1n) is 6.10. The Bertz CT molecular complexity index is 586. The van der Waals surface area contributed by atoms with Gasteiger partial charge in [-0.3, -0.25) is 9.36 Å². The summed E-state index contributed by atoms with van der Waals surface area (Å²) in [5, 5.41) is 2.63. The van der Waals surface area contributed by atoms with Gasteiger partial charge in [-0.05, 0) is 20.3 Å². The molecule has 18 heavy (non-hydrogen) atoms. The first kappa shape index (κ1) is 12.5. The Kier molecular flexibility index (Phi) is 3.07. The Labute approximate surface area is 107 Å². The van der Waals surface area contributed by atoms with E-state index in [0.29, 0.717) is 5.69 Å². The third-order valence-corrected chi connectivity index (χ3v) is 3.59. The number of aromatic nitrogens is 3. The third kappa shape index (κ3) is 1.58. The van der Waals surface area contributed by atoms with Crippen LogP contribution < -0.4 is 9.88 Å². The summed E-state index contributed by atoms with van der Waals surface area (Å²) in [7, 11) is 3.59. The van der Waals surface area contributed by atoms with Gasteiger partial charge in [-0.15, -0.1) is 0 Å². The van der Waals surface area contributed by atoms with Crippen LogP contribution in [0.3, 0.4) is 0 Å². The molecular formula is C13H19N4O+. The molecule has 0 fully saturated rings. The number of hydrogen-bond donors (Lipinski definition) is 1. The van der Waals surface area contributed by atoms with E-state index >= 15 is 0 Å². The smallest absolute Gasteiger partial charge is 0.293 e. The molecule has 0 bridgehead atoms. The van der Waals surface area contributed by atoms with E-state index in [4.69, 9.17) is 0 Å². The third-order valence-electron chi connectivity index (χ3n) is 3.59. The topological polar surface area (TPSA) is 50.8 Å². The number of amides is 1. The Morgan fingerprint density at radius 1 is 1.50 bits per heavy atom. The van der Waals surface area contributed by atoms with Crippen LogP contribution >= 0.6 is 0 Å². The standard InChI is InChI=1S/C13H18N4O/c1-6-10-8(2)16(5)13-11(12(18)14-4)15-7-17(13)9(10)3/h7H,6H2,1-5H3/p+1. The average molecular weight is 247 g/mol. The molecule has 0 radical (unpaired) electrons. The van der Waals surface area contributed by atoms with Crippen molar-refractivity contribution < 1.29 is 9.36 Å². The van der Waals surface area contributed by atoms with Crippen LogP contribution in [-0.2, 0) is 13.5 Å². The number of rotatable bonds is 2. The van der Waals surface area contributed by atoms with Gasteiger partial charge < -0.3 is 5.32 Å². The second kappa shape index (κ2) is 4.40. The zero-order valence-corrected chi connectivity index (χ0v) is 11.5. The molecule has 0 aromatic rings. The zero-order chi connectivity index (χ0) is 13.4. The zero-order valence-electron chi connectivity index (χ0n) is 11.5. The molecule has 2 aliphatic heterocycles. The first-order chi connectivity index (χ1) is 8.52. The normalized spacial score (nSPS) is 10.9. The van der Waals surface area contributed by atoms with Gasteiger partial charge in [-0.2, -0.15) is 0 Å². The van der Waals surface area contributed by atoms with Gasteiger partial charge in [0.2, 0.25) is 6.33 Å². The van der Waals surface area contributed by atoms with Crippen LogP contribution in [0.5, 0.6) is 0 Å². The van der Waals surface area contributed by atoms with Crippen molar-refractivity contribution in [2.24, 2.45) is 7.05 Å². The summed E-state index contributed by atoms with van der Waals surface area (Å²) in [4.78, 5) is 16.1. The van der Waals surface area contributed by atoms with Gasteiger partial charge in [-0.25, -0.2) is 4.57 Å². The average Bonchev–Trinajstić information content (AvgIpc) is 2.81. The molecule has 2 heterocycles. The van der Waals surface area contributed by atoms with E-state index < -0.39 is 0 Å². The highest BCUT2D eigenvalue weighted by atomic mass is 16.1. The minimum atomic E-state index is -0.156. The van der Waals surface area contributed by atoms with Crippen molar-refractivity contribution in [3.8, 4) is 5.82 Å². The van der Waals surface area contributed by atoms with Gasteiger partial charge >= 0.3 is 0 Å². The predicted molar refractivity (Wildman–Crippen MR) is 68.2 cm³/mol. The van der Waals surface area contributed by atoms with Crippen LogP contribution in [0.2, 0.25) is 0 Å². The molecule has 2 aliphatic rings. The molecule has 2 rings (SSSR count). The minimum absolute atomic E-state index is 0.156. The lowest BCUT2D eigenvalue weighted by molar-refractivity contribution is -0.608. The summed E-state index contributed by atoms with van der Waals surface area (Å²) in [6.45, 7) is 6.28. The second-order valence-corrected chi connectivity index (χ2v) is 4.43. The number of nitrogens with one attached hydrogen (secondary N) is 1. The van der Waals surface area contributed by atoms with Crippen LogP contribution in [-0.4, -0.2) is 22.5 Å². The van der Waals surface area contributed by atoms with E-state index in [0.717, 1.165) is 17.9 Å². The van der Waals surface area contributed by atoms with E-state index in [2.05, 4.69) is 31.1 Å². The largest absolute Gasteiger partial charge is 0.352 e. The molecule has 0 atom stereocenters. The SMILES string of the molecule is CCc1c(C)n(C)c2c(C(=O)NC)nc[n+]-2c1C. The van der Waals surface area contributed by atoms with Gasteiger partial charge in [0.1, 0.15) is 0 Å². The van der Waals surface area contributed by atoms with Crippen LogP contribution in [0.4, 0.5) is 0 Å². The maximum absolute atomic E-state index is 11.8. The number of carbonyl (C=O) groups is 1. The van der Waals surface area contributed by atoms with Gasteiger partial charge in [0, 0.05) is 12.6 Å². The number of hydrogen-bond acceptors (Lipinski definition) is 2. The summed E-state index contributed by atoms with van der Waals surface area (Å²) >= 11 is 0. The van der Waals surface area contributed by atoms with Crippen molar-refractivity contribution in [2.45, 2.75) is 27.2 Å². The fourth-order valence-corrected chi connectivity index (χ4v) is 2.47. The lowest BCUT2D eigenvalue weighted by Crippen LogP contribution is -2.40. The lowest BCUT2D eigenvalue weighted by atomic mass is 10.1. The number of carbonyl (C=O) groups excluding carboxylic acids is 1. The van der Waals surface area contributed by atoms with Crippen molar-refractivity contribution in [3.63, 3.8) is 0 Å². The molecular weight excluding hydrogens is 228 g/mol. The fraction of sp³-hybridized carbons (Fsp3) is 0.462. The Morgan fingerprint density at radius 2 is 2.17 bits per heavy atom. The lowest BCUT2D eigenvalue weighted by Gasteiger charge is -2.15. The molecule has 1 N–H and O–H groups in total. The summed E-state index contributed by atoms with van der Waals surface area (Å²) in [5.41, 5.74) is 4.08. The number of fused-ring (bicyclic) bond motifs is 1. The van der Waals surface area contributed by atoms with Crippen molar-refractivity contribution in [1.82, 2.24) is 14.9 Å². The molecule has 0 aliphatic carbocycles. The quantitative estimate of drug-likeness (QED) is 0.793. The van der Waals surface area contributed by atoms with E-state index in [1.165, 1.54) is 11.3 Å². The molecule has 1 amide bonds. The fourth-order valence-electron chi connectivity index (χ4n) is 2.47.